The number of piperazine rings is 1. The third-order valence-electron chi connectivity index (χ3n) is 5.63. The van der Waals surface area contributed by atoms with Crippen LogP contribution in [0.3, 0.4) is 0 Å². The molecule has 0 unspecified atom stereocenters. The molecule has 1 N–H and O–H groups in total. The van der Waals surface area contributed by atoms with E-state index in [-0.39, 0.29) is 17.6 Å². The molecule has 3 heterocycles. The smallest absolute Gasteiger partial charge is 0.273 e. The van der Waals surface area contributed by atoms with Crippen molar-refractivity contribution in [1.82, 2.24) is 30.1 Å². The van der Waals surface area contributed by atoms with Gasteiger partial charge in [-0.1, -0.05) is 35.0 Å². The molecule has 1 atom stereocenters. The van der Waals surface area contributed by atoms with E-state index in [1.165, 1.54) is 11.1 Å². The van der Waals surface area contributed by atoms with Gasteiger partial charge in [0.2, 0.25) is 0 Å². The van der Waals surface area contributed by atoms with Gasteiger partial charge in [0.15, 0.2) is 11.5 Å². The highest BCUT2D eigenvalue weighted by molar-refractivity contribution is 5.93. The van der Waals surface area contributed by atoms with E-state index in [1.54, 1.807) is 16.9 Å². The number of amides is 1. The van der Waals surface area contributed by atoms with E-state index in [0.717, 1.165) is 31.7 Å². The van der Waals surface area contributed by atoms with Crippen LogP contribution in [-0.4, -0.2) is 70.4 Å². The van der Waals surface area contributed by atoms with Crippen molar-refractivity contribution in [1.29, 1.82) is 0 Å². The Morgan fingerprint density at radius 2 is 1.90 bits per heavy atom. The standard InChI is InChI=1S/C22H28N6O2/c1-16-4-6-17(7-5-16)20(28-10-8-26(2)9-11-28)14-23-22(29)19-12-21(30-25-19)18-13-24-27(3)15-18/h4-7,12-13,15,20H,8-11,14H2,1-3H3,(H,23,29)/t20-/m0/s1. The van der Waals surface area contributed by atoms with Crippen LogP contribution in [0.4, 0.5) is 0 Å². The summed E-state index contributed by atoms with van der Waals surface area (Å²) >= 11 is 0. The zero-order chi connectivity index (χ0) is 21.1. The van der Waals surface area contributed by atoms with Crippen molar-refractivity contribution < 1.29 is 9.32 Å². The molecule has 1 saturated heterocycles. The van der Waals surface area contributed by atoms with Crippen molar-refractivity contribution in [2.75, 3.05) is 39.8 Å². The predicted octanol–water partition coefficient (Wildman–Crippen LogP) is 2.10. The second-order valence-electron chi connectivity index (χ2n) is 7.95. The van der Waals surface area contributed by atoms with Gasteiger partial charge in [-0.05, 0) is 19.5 Å². The fourth-order valence-electron chi connectivity index (χ4n) is 3.73. The van der Waals surface area contributed by atoms with Gasteiger partial charge in [-0.3, -0.25) is 14.4 Å². The van der Waals surface area contributed by atoms with Crippen molar-refractivity contribution in [3.05, 3.63) is 59.5 Å². The molecule has 158 valence electrons. The molecule has 1 amide bonds. The van der Waals surface area contributed by atoms with Gasteiger partial charge in [-0.25, -0.2) is 0 Å². The number of carbonyl (C=O) groups excluding carboxylic acids is 1. The molecule has 0 aliphatic carbocycles. The fraction of sp³-hybridized carbons (Fsp3) is 0.409. The molecule has 0 radical (unpaired) electrons. The molecule has 1 aliphatic rings. The Hall–Kier alpha value is -2.97. The summed E-state index contributed by atoms with van der Waals surface area (Å²) in [5, 5.41) is 11.1. The topological polar surface area (TPSA) is 79.4 Å². The first-order chi connectivity index (χ1) is 14.5. The molecule has 8 heteroatoms. The number of hydrogen-bond acceptors (Lipinski definition) is 6. The molecule has 1 aromatic carbocycles. The van der Waals surface area contributed by atoms with Crippen molar-refractivity contribution in [3.8, 4) is 11.3 Å². The molecule has 3 aromatic rings. The average Bonchev–Trinajstić information content (AvgIpc) is 3.39. The molecule has 1 aliphatic heterocycles. The molecular weight excluding hydrogens is 380 g/mol. The van der Waals surface area contributed by atoms with E-state index in [9.17, 15) is 4.79 Å². The van der Waals surface area contributed by atoms with E-state index in [0.29, 0.717) is 12.3 Å². The quantitative estimate of drug-likeness (QED) is 0.673. The summed E-state index contributed by atoms with van der Waals surface area (Å²) in [6, 6.07) is 10.3. The van der Waals surface area contributed by atoms with Crippen molar-refractivity contribution >= 4 is 5.91 Å². The van der Waals surface area contributed by atoms with E-state index < -0.39 is 0 Å². The first kappa shape index (κ1) is 20.3. The number of hydrogen-bond donors (Lipinski definition) is 1. The van der Waals surface area contributed by atoms with Crippen LogP contribution >= 0.6 is 0 Å². The number of carbonyl (C=O) groups is 1. The van der Waals surface area contributed by atoms with Gasteiger partial charge in [0.25, 0.3) is 5.91 Å². The average molecular weight is 409 g/mol. The summed E-state index contributed by atoms with van der Waals surface area (Å²) in [6.45, 7) is 6.59. The summed E-state index contributed by atoms with van der Waals surface area (Å²) in [7, 11) is 3.97. The molecule has 8 nitrogen and oxygen atoms in total. The Bertz CT molecular complexity index is 985. The highest BCUT2D eigenvalue weighted by Crippen LogP contribution is 2.23. The Kier molecular flexibility index (Phi) is 5.96. The van der Waals surface area contributed by atoms with Crippen LogP contribution in [0, 0.1) is 6.92 Å². The van der Waals surface area contributed by atoms with Gasteiger partial charge in [0.05, 0.1) is 17.8 Å². The van der Waals surface area contributed by atoms with E-state index in [4.69, 9.17) is 4.52 Å². The van der Waals surface area contributed by atoms with Gasteiger partial charge in [-0.2, -0.15) is 5.10 Å². The summed E-state index contributed by atoms with van der Waals surface area (Å²) in [5.41, 5.74) is 3.50. The third-order valence-corrected chi connectivity index (χ3v) is 5.63. The minimum Gasteiger partial charge on any atom is -0.355 e. The summed E-state index contributed by atoms with van der Waals surface area (Å²) < 4.78 is 7.02. The molecule has 1 fully saturated rings. The van der Waals surface area contributed by atoms with Crippen LogP contribution < -0.4 is 5.32 Å². The first-order valence-electron chi connectivity index (χ1n) is 10.2. The fourth-order valence-corrected chi connectivity index (χ4v) is 3.73. The van der Waals surface area contributed by atoms with Crippen LogP contribution in [0.25, 0.3) is 11.3 Å². The molecule has 30 heavy (non-hydrogen) atoms. The normalized spacial score (nSPS) is 16.5. The van der Waals surface area contributed by atoms with Crippen molar-refractivity contribution in [3.63, 3.8) is 0 Å². The number of benzene rings is 1. The second-order valence-corrected chi connectivity index (χ2v) is 7.95. The Balaban J connectivity index is 1.46. The lowest BCUT2D eigenvalue weighted by atomic mass is 10.0. The lowest BCUT2D eigenvalue weighted by Crippen LogP contribution is -2.48. The molecular formula is C22H28N6O2. The van der Waals surface area contributed by atoms with Crippen LogP contribution in [0.1, 0.15) is 27.7 Å². The lowest BCUT2D eigenvalue weighted by molar-refractivity contribution is 0.0878. The molecule has 0 saturated carbocycles. The van der Waals surface area contributed by atoms with E-state index in [2.05, 4.69) is 63.6 Å². The highest BCUT2D eigenvalue weighted by atomic mass is 16.5. The minimum atomic E-state index is -0.236. The Morgan fingerprint density at radius 1 is 1.17 bits per heavy atom. The van der Waals surface area contributed by atoms with Gasteiger partial charge < -0.3 is 14.7 Å². The van der Waals surface area contributed by atoms with Crippen LogP contribution in [0.15, 0.2) is 47.2 Å². The van der Waals surface area contributed by atoms with Crippen LogP contribution in [0.5, 0.6) is 0 Å². The minimum absolute atomic E-state index is 0.118. The number of likely N-dealkylation sites (N-methyl/N-ethyl adjacent to an activating group) is 1. The number of aromatic nitrogens is 3. The van der Waals surface area contributed by atoms with Crippen molar-refractivity contribution in [2.45, 2.75) is 13.0 Å². The van der Waals surface area contributed by atoms with Gasteiger partial charge in [0.1, 0.15) is 0 Å². The summed E-state index contributed by atoms with van der Waals surface area (Å²) in [4.78, 5) is 17.5. The first-order valence-corrected chi connectivity index (χ1v) is 10.2. The third kappa shape index (κ3) is 4.60. The maximum atomic E-state index is 12.7. The largest absolute Gasteiger partial charge is 0.355 e. The van der Waals surface area contributed by atoms with Crippen LogP contribution in [0.2, 0.25) is 0 Å². The summed E-state index contributed by atoms with van der Waals surface area (Å²) in [6.07, 6.45) is 3.51. The zero-order valence-corrected chi connectivity index (χ0v) is 17.7. The number of aryl methyl sites for hydroxylation is 2. The van der Waals surface area contributed by atoms with Gasteiger partial charge in [0, 0.05) is 52.0 Å². The van der Waals surface area contributed by atoms with Gasteiger partial charge >= 0.3 is 0 Å². The van der Waals surface area contributed by atoms with E-state index in [1.807, 2.05) is 13.2 Å². The number of nitrogens with zero attached hydrogens (tertiary/aromatic N) is 5. The second kappa shape index (κ2) is 8.81. The molecule has 4 rings (SSSR count). The number of rotatable bonds is 6. The van der Waals surface area contributed by atoms with Gasteiger partial charge in [-0.15, -0.1) is 0 Å². The molecule has 0 bridgehead atoms. The Labute approximate surface area is 176 Å². The van der Waals surface area contributed by atoms with E-state index >= 15 is 0 Å². The maximum Gasteiger partial charge on any atom is 0.273 e. The maximum absolute atomic E-state index is 12.7. The zero-order valence-electron chi connectivity index (χ0n) is 17.7. The van der Waals surface area contributed by atoms with Crippen molar-refractivity contribution in [2.24, 2.45) is 7.05 Å². The monoisotopic (exact) mass is 408 g/mol. The Morgan fingerprint density at radius 3 is 2.57 bits per heavy atom. The summed E-state index contributed by atoms with van der Waals surface area (Å²) in [5.74, 6) is 0.294. The molecule has 0 spiro atoms. The lowest BCUT2D eigenvalue weighted by Gasteiger charge is -2.38. The molecule has 2 aromatic heterocycles. The highest BCUT2D eigenvalue weighted by Gasteiger charge is 2.25. The van der Waals surface area contributed by atoms with Crippen LogP contribution in [-0.2, 0) is 7.05 Å². The number of nitrogens with one attached hydrogen (secondary N) is 1. The SMILES string of the molecule is Cc1ccc([C@H](CNC(=O)c2cc(-c3cnn(C)c3)on2)N2CCN(C)CC2)cc1. The predicted molar refractivity (Wildman–Crippen MR) is 114 cm³/mol.